The Morgan fingerprint density at radius 3 is 2.94 bits per heavy atom. The van der Waals surface area contributed by atoms with Crippen LogP contribution in [0.2, 0.25) is 0 Å². The van der Waals surface area contributed by atoms with Gasteiger partial charge in [0.25, 0.3) is 5.56 Å². The molecule has 0 fully saturated rings. The normalized spacial score (nSPS) is 12.2. The number of nitrogens with two attached hydrogens (primary N) is 1. The van der Waals surface area contributed by atoms with Gasteiger partial charge < -0.3 is 20.4 Å². The van der Waals surface area contributed by atoms with E-state index >= 15 is 0 Å². The number of hydrogen-bond donors (Lipinski definition) is 2. The first-order valence-corrected chi connectivity index (χ1v) is 5.14. The van der Waals surface area contributed by atoms with Crippen LogP contribution in [0.25, 0.3) is 0 Å². The van der Waals surface area contributed by atoms with Crippen molar-refractivity contribution in [2.45, 2.75) is 19.4 Å². The molecule has 90 valence electrons. The van der Waals surface area contributed by atoms with Crippen LogP contribution in [0.15, 0.2) is 11.1 Å². The summed E-state index contributed by atoms with van der Waals surface area (Å²) in [6.45, 7) is 2.67. The van der Waals surface area contributed by atoms with E-state index < -0.39 is 0 Å². The summed E-state index contributed by atoms with van der Waals surface area (Å²) < 4.78 is 5.02. The molecule has 0 spiro atoms. The van der Waals surface area contributed by atoms with Gasteiger partial charge in [0.05, 0.1) is 13.4 Å². The van der Waals surface area contributed by atoms with Crippen LogP contribution in [0.3, 0.4) is 0 Å². The van der Waals surface area contributed by atoms with Gasteiger partial charge in [-0.1, -0.05) is 0 Å². The van der Waals surface area contributed by atoms with Crippen LogP contribution in [0.5, 0.6) is 5.75 Å². The zero-order valence-electron chi connectivity index (χ0n) is 9.86. The van der Waals surface area contributed by atoms with Gasteiger partial charge in [-0.15, -0.1) is 0 Å². The lowest BCUT2D eigenvalue weighted by atomic mass is 10.2. The van der Waals surface area contributed by atoms with Gasteiger partial charge in [0, 0.05) is 19.6 Å². The van der Waals surface area contributed by atoms with E-state index in [1.165, 1.54) is 13.4 Å². The first-order chi connectivity index (χ1) is 7.56. The molecule has 0 aliphatic carbocycles. The molecule has 1 unspecified atom stereocenters. The maximum atomic E-state index is 11.4. The summed E-state index contributed by atoms with van der Waals surface area (Å²) in [5, 5.41) is 0. The van der Waals surface area contributed by atoms with Crippen LogP contribution in [0.1, 0.15) is 13.3 Å². The van der Waals surface area contributed by atoms with Gasteiger partial charge in [-0.05, 0) is 13.3 Å². The van der Waals surface area contributed by atoms with E-state index in [0.717, 1.165) is 13.0 Å². The lowest BCUT2D eigenvalue weighted by Crippen LogP contribution is -2.28. The molecule has 6 heteroatoms. The Hall–Kier alpha value is -1.56. The van der Waals surface area contributed by atoms with Crippen molar-refractivity contribution < 1.29 is 4.74 Å². The minimum atomic E-state index is -0.278. The predicted molar refractivity (Wildman–Crippen MR) is 62.9 cm³/mol. The van der Waals surface area contributed by atoms with Crippen molar-refractivity contribution in [3.05, 3.63) is 16.7 Å². The van der Waals surface area contributed by atoms with Gasteiger partial charge in [0.2, 0.25) is 5.75 Å². The largest absolute Gasteiger partial charge is 0.489 e. The Morgan fingerprint density at radius 2 is 2.38 bits per heavy atom. The minimum absolute atomic E-state index is 0.121. The molecule has 6 nitrogen and oxygen atoms in total. The van der Waals surface area contributed by atoms with E-state index in [1.807, 2.05) is 18.9 Å². The van der Waals surface area contributed by atoms with Crippen molar-refractivity contribution in [1.82, 2.24) is 9.97 Å². The van der Waals surface area contributed by atoms with Gasteiger partial charge in [0.15, 0.2) is 5.82 Å². The number of rotatable bonds is 5. The quantitative estimate of drug-likeness (QED) is 0.735. The molecular formula is C10H18N4O2. The summed E-state index contributed by atoms with van der Waals surface area (Å²) in [4.78, 5) is 19.9. The number of hydrogen-bond acceptors (Lipinski definition) is 5. The summed E-state index contributed by atoms with van der Waals surface area (Å²) >= 11 is 0. The standard InChI is InChI=1S/C10H18N4O2/c1-7(11)4-5-14(2)9-8(16-3)10(15)13-6-12-9/h6-7H,4-5,11H2,1-3H3,(H,12,13,15). The molecule has 0 bridgehead atoms. The molecule has 0 saturated carbocycles. The molecule has 1 rings (SSSR count). The first kappa shape index (κ1) is 12.5. The topological polar surface area (TPSA) is 84.2 Å². The van der Waals surface area contributed by atoms with E-state index in [-0.39, 0.29) is 17.4 Å². The van der Waals surface area contributed by atoms with Crippen molar-refractivity contribution in [3.8, 4) is 5.75 Å². The van der Waals surface area contributed by atoms with Gasteiger partial charge >= 0.3 is 0 Å². The van der Waals surface area contributed by atoms with Crippen molar-refractivity contribution in [3.63, 3.8) is 0 Å². The maximum absolute atomic E-state index is 11.4. The molecule has 3 N–H and O–H groups in total. The average molecular weight is 226 g/mol. The fourth-order valence-electron chi connectivity index (χ4n) is 1.34. The number of H-pyrrole nitrogens is 1. The fourth-order valence-corrected chi connectivity index (χ4v) is 1.34. The van der Waals surface area contributed by atoms with E-state index in [2.05, 4.69) is 9.97 Å². The molecule has 1 aromatic rings. The SMILES string of the molecule is COc1c(N(C)CCC(C)N)nc[nH]c1=O. The first-order valence-electron chi connectivity index (χ1n) is 5.14. The molecule has 0 radical (unpaired) electrons. The Labute approximate surface area is 94.4 Å². The van der Waals surface area contributed by atoms with Crippen LogP contribution in [0, 0.1) is 0 Å². The Morgan fingerprint density at radius 1 is 1.69 bits per heavy atom. The van der Waals surface area contributed by atoms with Crippen molar-refractivity contribution in [2.24, 2.45) is 5.73 Å². The predicted octanol–water partition coefficient (Wildman–Crippen LogP) is -0.0480. The Bertz CT molecular complexity index is 389. The third kappa shape index (κ3) is 2.96. The highest BCUT2D eigenvalue weighted by atomic mass is 16.5. The van der Waals surface area contributed by atoms with Crippen LogP contribution in [0.4, 0.5) is 5.82 Å². The third-order valence-electron chi connectivity index (χ3n) is 2.28. The van der Waals surface area contributed by atoms with E-state index in [1.54, 1.807) is 0 Å². The number of aromatic amines is 1. The van der Waals surface area contributed by atoms with Crippen LogP contribution in [-0.2, 0) is 0 Å². The molecule has 0 aromatic carbocycles. The highest BCUT2D eigenvalue weighted by molar-refractivity contribution is 5.49. The second kappa shape index (κ2) is 5.50. The summed E-state index contributed by atoms with van der Waals surface area (Å²) in [6.07, 6.45) is 2.19. The van der Waals surface area contributed by atoms with E-state index in [4.69, 9.17) is 10.5 Å². The third-order valence-corrected chi connectivity index (χ3v) is 2.28. The molecule has 0 aliphatic rings. The van der Waals surface area contributed by atoms with Crippen molar-refractivity contribution >= 4 is 5.82 Å². The van der Waals surface area contributed by atoms with Crippen LogP contribution >= 0.6 is 0 Å². The fraction of sp³-hybridized carbons (Fsp3) is 0.600. The number of methoxy groups -OCH3 is 1. The molecule has 0 aliphatic heterocycles. The van der Waals surface area contributed by atoms with Crippen molar-refractivity contribution in [2.75, 3.05) is 25.6 Å². The number of ether oxygens (including phenoxy) is 1. The van der Waals surface area contributed by atoms with Gasteiger partial charge in [-0.3, -0.25) is 4.79 Å². The maximum Gasteiger partial charge on any atom is 0.295 e. The molecule has 1 aromatic heterocycles. The molecule has 16 heavy (non-hydrogen) atoms. The van der Waals surface area contributed by atoms with Gasteiger partial charge in [-0.2, -0.15) is 0 Å². The number of aromatic nitrogens is 2. The molecule has 1 atom stereocenters. The minimum Gasteiger partial charge on any atom is -0.489 e. The van der Waals surface area contributed by atoms with Gasteiger partial charge in [0.1, 0.15) is 0 Å². The highest BCUT2D eigenvalue weighted by Crippen LogP contribution is 2.18. The number of nitrogens with zero attached hydrogens (tertiary/aromatic N) is 2. The zero-order valence-corrected chi connectivity index (χ0v) is 9.86. The molecule has 0 saturated heterocycles. The summed E-state index contributed by atoms with van der Waals surface area (Å²) in [5.41, 5.74) is 5.40. The van der Waals surface area contributed by atoms with Crippen molar-refractivity contribution in [1.29, 1.82) is 0 Å². The lowest BCUT2D eigenvalue weighted by Gasteiger charge is -2.20. The second-order valence-corrected chi connectivity index (χ2v) is 3.78. The Kier molecular flexibility index (Phi) is 4.30. The van der Waals surface area contributed by atoms with Crippen LogP contribution in [-0.4, -0.2) is 36.7 Å². The summed E-state index contributed by atoms with van der Waals surface area (Å²) in [5.74, 6) is 0.765. The molecule has 1 heterocycles. The second-order valence-electron chi connectivity index (χ2n) is 3.78. The Balaban J connectivity index is 2.86. The van der Waals surface area contributed by atoms with E-state index in [0.29, 0.717) is 5.82 Å². The smallest absolute Gasteiger partial charge is 0.295 e. The molecular weight excluding hydrogens is 208 g/mol. The van der Waals surface area contributed by atoms with E-state index in [9.17, 15) is 4.79 Å². The highest BCUT2D eigenvalue weighted by Gasteiger charge is 2.13. The number of anilines is 1. The lowest BCUT2D eigenvalue weighted by molar-refractivity contribution is 0.405. The molecule has 0 amide bonds. The average Bonchev–Trinajstić information content (AvgIpc) is 2.25. The van der Waals surface area contributed by atoms with Gasteiger partial charge in [-0.25, -0.2) is 4.98 Å². The summed E-state index contributed by atoms with van der Waals surface area (Å²) in [7, 11) is 3.31. The zero-order chi connectivity index (χ0) is 12.1. The monoisotopic (exact) mass is 226 g/mol. The number of nitrogens with one attached hydrogen (secondary N) is 1. The summed E-state index contributed by atoms with van der Waals surface area (Å²) in [6, 6.07) is 0.121. The van der Waals surface area contributed by atoms with Crippen LogP contribution < -0.4 is 20.9 Å².